The van der Waals surface area contributed by atoms with Crippen molar-refractivity contribution in [2.24, 2.45) is 12.8 Å². The largest absolute Gasteiger partial charge is 0.378 e. The van der Waals surface area contributed by atoms with E-state index in [1.165, 1.54) is 5.56 Å². The Hall–Kier alpha value is -4.16. The van der Waals surface area contributed by atoms with Crippen LogP contribution in [0, 0.1) is 0 Å². The number of amides is 1. The number of primary amides is 1. The molecule has 6 rings (SSSR count). The Kier molecular flexibility index (Phi) is 5.66. The molecule has 1 atom stereocenters. The number of fused-ring (bicyclic) bond motifs is 1. The fourth-order valence-corrected chi connectivity index (χ4v) is 4.73. The third kappa shape index (κ3) is 4.32. The SMILES string of the molecule is Cn1cc(Nc2nccc(-c3ccc4c(c3)CN(C3COC3)CCC4n3cc(C(N)=O)nn3)n2)cn1. The van der Waals surface area contributed by atoms with Crippen LogP contribution >= 0.6 is 0 Å². The summed E-state index contributed by atoms with van der Waals surface area (Å²) < 4.78 is 8.93. The number of aryl methyl sites for hydroxylation is 1. The molecule has 0 aliphatic carbocycles. The molecular weight excluding hydrogens is 460 g/mol. The van der Waals surface area contributed by atoms with E-state index < -0.39 is 5.91 Å². The molecule has 3 aromatic heterocycles. The zero-order chi connectivity index (χ0) is 24.6. The molecule has 1 unspecified atom stereocenters. The van der Waals surface area contributed by atoms with Crippen molar-refractivity contribution in [3.8, 4) is 11.3 Å². The number of nitrogens with zero attached hydrogens (tertiary/aromatic N) is 8. The first-order chi connectivity index (χ1) is 17.5. The first-order valence-electron chi connectivity index (χ1n) is 11.8. The predicted octanol–water partition coefficient (Wildman–Crippen LogP) is 1.50. The van der Waals surface area contributed by atoms with Gasteiger partial charge in [0.25, 0.3) is 5.91 Å². The second kappa shape index (κ2) is 9.13. The smallest absolute Gasteiger partial charge is 0.270 e. The molecule has 2 aliphatic heterocycles. The normalized spacial score (nSPS) is 18.3. The molecule has 1 saturated heterocycles. The lowest BCUT2D eigenvalue weighted by Gasteiger charge is -2.36. The van der Waals surface area contributed by atoms with Crippen molar-refractivity contribution < 1.29 is 9.53 Å². The Morgan fingerprint density at radius 3 is 2.83 bits per heavy atom. The highest BCUT2D eigenvalue weighted by atomic mass is 16.5. The number of anilines is 2. The monoisotopic (exact) mass is 486 g/mol. The molecule has 3 N–H and O–H groups in total. The van der Waals surface area contributed by atoms with E-state index in [0.29, 0.717) is 12.0 Å². The van der Waals surface area contributed by atoms with Crippen LogP contribution in [0.15, 0.2) is 49.1 Å². The number of carbonyl (C=O) groups excluding carboxylic acids is 1. The van der Waals surface area contributed by atoms with Gasteiger partial charge in [-0.1, -0.05) is 17.3 Å². The number of ether oxygens (including phenoxy) is 1. The minimum Gasteiger partial charge on any atom is -0.378 e. The molecule has 0 radical (unpaired) electrons. The minimum atomic E-state index is -0.585. The number of carbonyl (C=O) groups is 1. The molecule has 1 fully saturated rings. The van der Waals surface area contributed by atoms with Gasteiger partial charge in [0.15, 0.2) is 5.69 Å². The lowest BCUT2D eigenvalue weighted by Crippen LogP contribution is -2.48. The molecule has 0 saturated carbocycles. The number of nitrogens with one attached hydrogen (secondary N) is 1. The molecule has 12 nitrogen and oxygen atoms in total. The zero-order valence-corrected chi connectivity index (χ0v) is 19.8. The van der Waals surface area contributed by atoms with Gasteiger partial charge >= 0.3 is 0 Å². The summed E-state index contributed by atoms with van der Waals surface area (Å²) in [5.41, 5.74) is 10.5. The quantitative estimate of drug-likeness (QED) is 0.415. The highest BCUT2D eigenvalue weighted by Gasteiger charge is 2.32. The number of rotatable bonds is 6. The van der Waals surface area contributed by atoms with Gasteiger partial charge in [-0.25, -0.2) is 14.6 Å². The van der Waals surface area contributed by atoms with Gasteiger partial charge in [0.1, 0.15) is 0 Å². The number of benzene rings is 1. The van der Waals surface area contributed by atoms with Crippen molar-refractivity contribution in [2.75, 3.05) is 25.1 Å². The molecule has 0 spiro atoms. The molecule has 1 amide bonds. The van der Waals surface area contributed by atoms with Crippen molar-refractivity contribution in [3.05, 3.63) is 65.9 Å². The van der Waals surface area contributed by atoms with Gasteiger partial charge in [0.05, 0.1) is 49.1 Å². The van der Waals surface area contributed by atoms with E-state index in [4.69, 9.17) is 15.5 Å². The summed E-state index contributed by atoms with van der Waals surface area (Å²) in [4.78, 5) is 23.1. The maximum absolute atomic E-state index is 11.6. The third-order valence-electron chi connectivity index (χ3n) is 6.70. The van der Waals surface area contributed by atoms with Crippen molar-refractivity contribution in [1.29, 1.82) is 0 Å². The standard InChI is InChI=1S/C24H26N10O2/c1-32-11-17(9-27-32)28-24-26-6-4-20(29-24)15-2-3-19-16(8-15)10-33(18-13-36-14-18)7-5-22(19)34-12-21(23(25)35)30-31-34/h2-4,6,8-9,11-12,18,22H,5,7,10,13-14H2,1H3,(H2,25,35)(H,26,28,29). The highest BCUT2D eigenvalue weighted by Crippen LogP contribution is 2.34. The summed E-state index contributed by atoms with van der Waals surface area (Å²) in [7, 11) is 1.86. The second-order valence-corrected chi connectivity index (χ2v) is 9.12. The zero-order valence-electron chi connectivity index (χ0n) is 19.8. The molecule has 12 heteroatoms. The summed E-state index contributed by atoms with van der Waals surface area (Å²) >= 11 is 0. The topological polar surface area (TPSA) is 142 Å². The Bertz CT molecular complexity index is 1410. The van der Waals surface area contributed by atoms with E-state index in [1.807, 2.05) is 19.3 Å². The van der Waals surface area contributed by atoms with Crippen LogP contribution < -0.4 is 11.1 Å². The molecular formula is C24H26N10O2. The van der Waals surface area contributed by atoms with Crippen molar-refractivity contribution in [2.45, 2.75) is 25.0 Å². The Balaban J connectivity index is 1.34. The summed E-state index contributed by atoms with van der Waals surface area (Å²) in [6.45, 7) is 3.15. The molecule has 2 aliphatic rings. The maximum atomic E-state index is 11.6. The van der Waals surface area contributed by atoms with Gasteiger partial charge < -0.3 is 15.8 Å². The summed E-state index contributed by atoms with van der Waals surface area (Å²) in [5, 5.41) is 15.6. The predicted molar refractivity (Wildman–Crippen MR) is 130 cm³/mol. The number of hydrogen-bond acceptors (Lipinski definition) is 9. The van der Waals surface area contributed by atoms with Crippen molar-refractivity contribution in [1.82, 2.24) is 39.6 Å². The van der Waals surface area contributed by atoms with Crippen LogP contribution in [0.4, 0.5) is 11.6 Å². The molecule has 4 aromatic rings. The van der Waals surface area contributed by atoms with Gasteiger partial charge in [-0.2, -0.15) is 5.10 Å². The number of aromatic nitrogens is 7. The first-order valence-corrected chi connectivity index (χ1v) is 11.8. The average Bonchev–Trinajstić information content (AvgIpc) is 3.44. The summed E-state index contributed by atoms with van der Waals surface area (Å²) in [6, 6.07) is 8.61. The van der Waals surface area contributed by atoms with E-state index >= 15 is 0 Å². The summed E-state index contributed by atoms with van der Waals surface area (Å²) in [6.07, 6.45) is 7.80. The van der Waals surface area contributed by atoms with Gasteiger partial charge in [0.2, 0.25) is 5.95 Å². The van der Waals surface area contributed by atoms with Crippen LogP contribution in [0.3, 0.4) is 0 Å². The van der Waals surface area contributed by atoms with Crippen molar-refractivity contribution in [3.63, 3.8) is 0 Å². The fraction of sp³-hybridized carbons (Fsp3) is 0.333. The summed E-state index contributed by atoms with van der Waals surface area (Å²) in [5.74, 6) is -0.0821. The van der Waals surface area contributed by atoms with E-state index in [0.717, 1.165) is 55.2 Å². The third-order valence-corrected chi connectivity index (χ3v) is 6.70. The molecule has 0 bridgehead atoms. The van der Waals surface area contributed by atoms with Gasteiger partial charge in [0, 0.05) is 38.1 Å². The molecule has 1 aromatic carbocycles. The second-order valence-electron chi connectivity index (χ2n) is 9.12. The van der Waals surface area contributed by atoms with E-state index in [-0.39, 0.29) is 11.7 Å². The van der Waals surface area contributed by atoms with Crippen LogP contribution in [0.1, 0.15) is 34.1 Å². The molecule has 184 valence electrons. The van der Waals surface area contributed by atoms with Crippen LogP contribution in [-0.2, 0) is 18.3 Å². The van der Waals surface area contributed by atoms with Crippen LogP contribution in [0.2, 0.25) is 0 Å². The Morgan fingerprint density at radius 2 is 2.11 bits per heavy atom. The lowest BCUT2D eigenvalue weighted by molar-refractivity contribution is -0.0678. The Morgan fingerprint density at radius 1 is 1.22 bits per heavy atom. The van der Waals surface area contributed by atoms with E-state index in [2.05, 4.69) is 48.8 Å². The number of nitrogens with two attached hydrogens (primary N) is 1. The van der Waals surface area contributed by atoms with Crippen LogP contribution in [-0.4, -0.2) is 71.3 Å². The minimum absolute atomic E-state index is 0.0612. The van der Waals surface area contributed by atoms with E-state index in [9.17, 15) is 4.79 Å². The van der Waals surface area contributed by atoms with Crippen LogP contribution in [0.5, 0.6) is 0 Å². The van der Waals surface area contributed by atoms with Crippen LogP contribution in [0.25, 0.3) is 11.3 Å². The number of hydrogen-bond donors (Lipinski definition) is 2. The fourth-order valence-electron chi connectivity index (χ4n) is 4.73. The highest BCUT2D eigenvalue weighted by molar-refractivity contribution is 5.90. The molecule has 5 heterocycles. The lowest BCUT2D eigenvalue weighted by atomic mass is 9.96. The molecule has 36 heavy (non-hydrogen) atoms. The van der Waals surface area contributed by atoms with Gasteiger partial charge in [-0.3, -0.25) is 14.4 Å². The van der Waals surface area contributed by atoms with Gasteiger partial charge in [-0.15, -0.1) is 5.10 Å². The van der Waals surface area contributed by atoms with Gasteiger partial charge in [-0.05, 0) is 29.7 Å². The Labute approximate surface area is 207 Å². The van der Waals surface area contributed by atoms with Crippen molar-refractivity contribution >= 4 is 17.5 Å². The maximum Gasteiger partial charge on any atom is 0.270 e. The average molecular weight is 487 g/mol. The van der Waals surface area contributed by atoms with E-state index in [1.54, 1.807) is 28.0 Å². The first kappa shape index (κ1) is 22.3.